The second-order valence-corrected chi connectivity index (χ2v) is 4.50. The van der Waals surface area contributed by atoms with Crippen LogP contribution in [0.25, 0.3) is 0 Å². The molecule has 2 N–H and O–H groups in total. The van der Waals surface area contributed by atoms with Crippen molar-refractivity contribution in [3.05, 3.63) is 22.7 Å². The molecule has 19 heavy (non-hydrogen) atoms. The Labute approximate surface area is 123 Å². The third-order valence-corrected chi connectivity index (χ3v) is 3.03. The van der Waals surface area contributed by atoms with Crippen LogP contribution in [0.3, 0.4) is 0 Å². The Kier molecular flexibility index (Phi) is 5.72. The number of hydrogen-bond acceptors (Lipinski definition) is 4. The van der Waals surface area contributed by atoms with E-state index in [-0.39, 0.29) is 31.1 Å². The van der Waals surface area contributed by atoms with Gasteiger partial charge in [-0.05, 0) is 26.1 Å². The minimum absolute atomic E-state index is 0. The van der Waals surface area contributed by atoms with Gasteiger partial charge in [0, 0.05) is 18.2 Å². The van der Waals surface area contributed by atoms with Crippen LogP contribution < -0.4 is 20.1 Å². The maximum absolute atomic E-state index is 11.9. The van der Waals surface area contributed by atoms with Gasteiger partial charge in [0.2, 0.25) is 6.79 Å². The number of fused-ring (bicyclic) bond motifs is 1. The molecule has 1 aromatic carbocycles. The van der Waals surface area contributed by atoms with Crippen molar-refractivity contribution in [2.45, 2.75) is 13.0 Å². The summed E-state index contributed by atoms with van der Waals surface area (Å²) in [5.74, 6) is 0.823. The number of likely N-dealkylation sites (N-methyl/N-ethyl adjacent to an activating group) is 1. The smallest absolute Gasteiger partial charge is 0.251 e. The lowest BCUT2D eigenvalue weighted by Gasteiger charge is -2.11. The van der Waals surface area contributed by atoms with E-state index in [2.05, 4.69) is 10.6 Å². The van der Waals surface area contributed by atoms with E-state index in [0.717, 1.165) is 0 Å². The fourth-order valence-electron chi connectivity index (χ4n) is 1.55. The Morgan fingerprint density at radius 2 is 2.21 bits per heavy atom. The maximum Gasteiger partial charge on any atom is 0.251 e. The second kappa shape index (κ2) is 6.84. The first kappa shape index (κ1) is 15.9. The number of ether oxygens (including phenoxy) is 2. The van der Waals surface area contributed by atoms with Gasteiger partial charge in [0.1, 0.15) is 0 Å². The summed E-state index contributed by atoms with van der Waals surface area (Å²) >= 11 is 6.01. The van der Waals surface area contributed by atoms with Crippen molar-refractivity contribution in [3.8, 4) is 11.5 Å². The Morgan fingerprint density at radius 3 is 2.89 bits per heavy atom. The standard InChI is InChI=1S/C12H15ClN2O3.ClH/c1-7(14-2)5-15-12(16)8-3-9(13)11-10(4-8)17-6-18-11;/h3-4,7,14H,5-6H2,1-2H3,(H,15,16);1H. The molecule has 0 fully saturated rings. The maximum atomic E-state index is 11.9. The fraction of sp³-hybridized carbons (Fsp3) is 0.417. The number of rotatable bonds is 4. The van der Waals surface area contributed by atoms with Crippen LogP contribution in [0.2, 0.25) is 5.02 Å². The highest BCUT2D eigenvalue weighted by Gasteiger charge is 2.20. The lowest BCUT2D eigenvalue weighted by molar-refractivity contribution is 0.0950. The average molecular weight is 307 g/mol. The average Bonchev–Trinajstić information content (AvgIpc) is 2.84. The molecule has 7 heteroatoms. The largest absolute Gasteiger partial charge is 0.454 e. The number of amides is 1. The molecule has 1 amide bonds. The highest BCUT2D eigenvalue weighted by molar-refractivity contribution is 6.32. The van der Waals surface area contributed by atoms with Crippen LogP contribution in [-0.4, -0.2) is 32.3 Å². The number of carbonyl (C=O) groups excluding carboxylic acids is 1. The van der Waals surface area contributed by atoms with E-state index >= 15 is 0 Å². The summed E-state index contributed by atoms with van der Waals surface area (Å²) < 4.78 is 10.4. The normalized spacial score (nSPS) is 13.6. The molecule has 0 saturated carbocycles. The fourth-order valence-corrected chi connectivity index (χ4v) is 1.81. The highest BCUT2D eigenvalue weighted by atomic mass is 35.5. The Hall–Kier alpha value is -1.17. The molecule has 0 aromatic heterocycles. The molecule has 0 saturated heterocycles. The van der Waals surface area contributed by atoms with Gasteiger partial charge in [-0.3, -0.25) is 4.79 Å². The molecule has 5 nitrogen and oxygen atoms in total. The number of hydrogen-bond donors (Lipinski definition) is 2. The first-order valence-corrected chi connectivity index (χ1v) is 6.04. The van der Waals surface area contributed by atoms with Gasteiger partial charge in [-0.25, -0.2) is 0 Å². The van der Waals surface area contributed by atoms with Crippen molar-refractivity contribution in [3.63, 3.8) is 0 Å². The first-order valence-electron chi connectivity index (χ1n) is 5.66. The summed E-state index contributed by atoms with van der Waals surface area (Å²) in [6.45, 7) is 2.66. The molecule has 0 radical (unpaired) electrons. The second-order valence-electron chi connectivity index (χ2n) is 4.09. The van der Waals surface area contributed by atoms with Gasteiger partial charge in [0.15, 0.2) is 11.5 Å². The van der Waals surface area contributed by atoms with Crippen molar-refractivity contribution in [2.24, 2.45) is 0 Å². The summed E-state index contributed by atoms with van der Waals surface area (Å²) in [4.78, 5) is 11.9. The van der Waals surface area contributed by atoms with Gasteiger partial charge >= 0.3 is 0 Å². The third kappa shape index (κ3) is 3.65. The third-order valence-electron chi connectivity index (χ3n) is 2.75. The van der Waals surface area contributed by atoms with E-state index in [0.29, 0.717) is 28.6 Å². The van der Waals surface area contributed by atoms with Crippen LogP contribution in [0.1, 0.15) is 17.3 Å². The SMILES string of the molecule is CNC(C)CNC(=O)c1cc(Cl)c2c(c1)OCO2.Cl. The lowest BCUT2D eigenvalue weighted by atomic mass is 10.2. The van der Waals surface area contributed by atoms with E-state index in [4.69, 9.17) is 21.1 Å². The zero-order valence-corrected chi connectivity index (χ0v) is 12.2. The van der Waals surface area contributed by atoms with Crippen LogP contribution in [0.4, 0.5) is 0 Å². The van der Waals surface area contributed by atoms with Crippen LogP contribution in [0.15, 0.2) is 12.1 Å². The summed E-state index contributed by atoms with van der Waals surface area (Å²) in [6.07, 6.45) is 0. The van der Waals surface area contributed by atoms with E-state index in [9.17, 15) is 4.79 Å². The van der Waals surface area contributed by atoms with Crippen LogP contribution in [0, 0.1) is 0 Å². The molecule has 1 atom stereocenters. The molecular formula is C12H16Cl2N2O3. The van der Waals surface area contributed by atoms with E-state index in [1.807, 2.05) is 14.0 Å². The summed E-state index contributed by atoms with van der Waals surface area (Å²) in [5, 5.41) is 6.24. The van der Waals surface area contributed by atoms with Crippen LogP contribution >= 0.6 is 24.0 Å². The van der Waals surface area contributed by atoms with Crippen molar-refractivity contribution in [1.82, 2.24) is 10.6 Å². The van der Waals surface area contributed by atoms with Gasteiger partial charge in [-0.15, -0.1) is 12.4 Å². The molecule has 1 aromatic rings. The lowest BCUT2D eigenvalue weighted by Crippen LogP contribution is -2.37. The van der Waals surface area contributed by atoms with Crippen LogP contribution in [-0.2, 0) is 0 Å². The molecule has 0 bridgehead atoms. The van der Waals surface area contributed by atoms with Gasteiger partial charge in [0.05, 0.1) is 5.02 Å². The number of carbonyl (C=O) groups is 1. The van der Waals surface area contributed by atoms with E-state index in [1.165, 1.54) is 0 Å². The topological polar surface area (TPSA) is 59.6 Å². The Bertz CT molecular complexity index is 469. The molecule has 0 spiro atoms. The van der Waals surface area contributed by atoms with Gasteiger partial charge in [-0.1, -0.05) is 11.6 Å². The molecule has 1 aliphatic rings. The molecule has 0 aliphatic carbocycles. The highest BCUT2D eigenvalue weighted by Crippen LogP contribution is 2.39. The Morgan fingerprint density at radius 1 is 1.47 bits per heavy atom. The summed E-state index contributed by atoms with van der Waals surface area (Å²) in [6, 6.07) is 3.42. The van der Waals surface area contributed by atoms with Gasteiger partial charge in [0.25, 0.3) is 5.91 Å². The predicted octanol–water partition coefficient (Wildman–Crippen LogP) is 1.83. The quantitative estimate of drug-likeness (QED) is 0.891. The number of halogens is 2. The monoisotopic (exact) mass is 306 g/mol. The van der Waals surface area contributed by atoms with Crippen molar-refractivity contribution in [1.29, 1.82) is 0 Å². The number of nitrogens with one attached hydrogen (secondary N) is 2. The van der Waals surface area contributed by atoms with Crippen LogP contribution in [0.5, 0.6) is 11.5 Å². The van der Waals surface area contributed by atoms with Gasteiger partial charge < -0.3 is 20.1 Å². The zero-order chi connectivity index (χ0) is 13.1. The van der Waals surface area contributed by atoms with Gasteiger partial charge in [-0.2, -0.15) is 0 Å². The molecule has 1 unspecified atom stereocenters. The molecular weight excluding hydrogens is 291 g/mol. The molecule has 1 aliphatic heterocycles. The molecule has 2 rings (SSSR count). The van der Waals surface area contributed by atoms with Crippen molar-refractivity contribution in [2.75, 3.05) is 20.4 Å². The van der Waals surface area contributed by atoms with Crippen molar-refractivity contribution < 1.29 is 14.3 Å². The Balaban J connectivity index is 0.00000180. The zero-order valence-electron chi connectivity index (χ0n) is 10.7. The van der Waals surface area contributed by atoms with E-state index in [1.54, 1.807) is 12.1 Å². The summed E-state index contributed by atoms with van der Waals surface area (Å²) in [7, 11) is 1.84. The molecule has 1 heterocycles. The summed E-state index contributed by atoms with van der Waals surface area (Å²) in [5.41, 5.74) is 0.465. The number of benzene rings is 1. The van der Waals surface area contributed by atoms with Crippen molar-refractivity contribution >= 4 is 29.9 Å². The minimum atomic E-state index is -0.183. The molecule has 106 valence electrons. The minimum Gasteiger partial charge on any atom is -0.454 e. The first-order chi connectivity index (χ1) is 8.61. The van der Waals surface area contributed by atoms with E-state index < -0.39 is 0 Å². The predicted molar refractivity (Wildman–Crippen MR) is 75.7 cm³/mol.